The standard InChI is InChI=1S/C19H24O8/c1-4-6-24-18(9-26-18)13-8-12(16(20)21)11(3)15(14(13)17(22)23)19(10-27-19)25-7-5-2/h8H,4-7,9-10H2,1-3H3,(H,20,21)(H,22,23). The molecule has 2 aliphatic rings. The van der Waals surface area contributed by atoms with Crippen LogP contribution in [-0.2, 0) is 30.5 Å². The Hall–Kier alpha value is -2.00. The SMILES string of the molecule is CCCOC1(c2cc(C(=O)O)c(C)c(C3(OCCC)CO3)c2C(=O)O)CO1. The maximum absolute atomic E-state index is 12.2. The van der Waals surface area contributed by atoms with E-state index in [-0.39, 0.29) is 35.5 Å². The molecule has 0 aliphatic carbocycles. The van der Waals surface area contributed by atoms with Crippen LogP contribution in [0.15, 0.2) is 6.07 Å². The molecule has 0 saturated carbocycles. The average Bonchev–Trinajstić information content (AvgIpc) is 3.53. The second-order valence-electron chi connectivity index (χ2n) is 6.74. The van der Waals surface area contributed by atoms with E-state index >= 15 is 0 Å². The molecule has 0 aromatic heterocycles. The fraction of sp³-hybridized carbons (Fsp3) is 0.579. The van der Waals surface area contributed by atoms with Gasteiger partial charge in [-0.25, -0.2) is 9.59 Å². The van der Waals surface area contributed by atoms with Crippen LogP contribution in [0, 0.1) is 6.92 Å². The van der Waals surface area contributed by atoms with Gasteiger partial charge in [-0.15, -0.1) is 0 Å². The summed E-state index contributed by atoms with van der Waals surface area (Å²) in [6.45, 7) is 6.46. The quantitative estimate of drug-likeness (QED) is 0.595. The zero-order valence-electron chi connectivity index (χ0n) is 15.7. The third kappa shape index (κ3) is 3.45. The molecule has 2 unspecified atom stereocenters. The second kappa shape index (κ2) is 7.20. The number of rotatable bonds is 10. The zero-order valence-corrected chi connectivity index (χ0v) is 15.7. The molecule has 0 amide bonds. The van der Waals surface area contributed by atoms with E-state index in [0.717, 1.165) is 0 Å². The van der Waals surface area contributed by atoms with Gasteiger partial charge in [0.1, 0.15) is 13.2 Å². The lowest BCUT2D eigenvalue weighted by atomic mass is 9.87. The molecular formula is C19H24O8. The Balaban J connectivity index is 2.22. The van der Waals surface area contributed by atoms with Gasteiger partial charge in [-0.05, 0) is 31.4 Å². The lowest BCUT2D eigenvalue weighted by molar-refractivity contribution is -0.0538. The summed E-state index contributed by atoms with van der Waals surface area (Å²) in [5, 5.41) is 19.6. The first-order valence-electron chi connectivity index (χ1n) is 9.03. The Morgan fingerprint density at radius 2 is 1.56 bits per heavy atom. The number of hydrogen-bond acceptors (Lipinski definition) is 6. The van der Waals surface area contributed by atoms with Crippen molar-refractivity contribution in [2.45, 2.75) is 45.2 Å². The highest BCUT2D eigenvalue weighted by molar-refractivity contribution is 5.97. The third-order valence-electron chi connectivity index (χ3n) is 4.71. The van der Waals surface area contributed by atoms with Crippen LogP contribution in [0.5, 0.6) is 0 Å². The topological polar surface area (TPSA) is 118 Å². The second-order valence-corrected chi connectivity index (χ2v) is 6.74. The van der Waals surface area contributed by atoms with Crippen LogP contribution in [0.4, 0.5) is 0 Å². The van der Waals surface area contributed by atoms with Gasteiger partial charge in [0.25, 0.3) is 0 Å². The molecule has 27 heavy (non-hydrogen) atoms. The monoisotopic (exact) mass is 380 g/mol. The molecule has 0 bridgehead atoms. The van der Waals surface area contributed by atoms with Crippen molar-refractivity contribution in [1.82, 2.24) is 0 Å². The van der Waals surface area contributed by atoms with Gasteiger partial charge < -0.3 is 29.2 Å². The molecule has 0 spiro atoms. The van der Waals surface area contributed by atoms with E-state index in [0.29, 0.717) is 31.6 Å². The summed E-state index contributed by atoms with van der Waals surface area (Å²) in [6, 6.07) is 1.34. The average molecular weight is 380 g/mol. The van der Waals surface area contributed by atoms with E-state index in [1.54, 1.807) is 6.92 Å². The minimum absolute atomic E-state index is 0.0186. The highest BCUT2D eigenvalue weighted by Crippen LogP contribution is 2.50. The molecule has 2 N–H and O–H groups in total. The van der Waals surface area contributed by atoms with Crippen molar-refractivity contribution in [2.24, 2.45) is 0 Å². The van der Waals surface area contributed by atoms with Gasteiger partial charge >= 0.3 is 11.9 Å². The number of aromatic carboxylic acids is 2. The number of ether oxygens (including phenoxy) is 4. The van der Waals surface area contributed by atoms with Crippen molar-refractivity contribution in [3.05, 3.63) is 33.9 Å². The summed E-state index contributed by atoms with van der Waals surface area (Å²) in [4.78, 5) is 24.0. The van der Waals surface area contributed by atoms with Crippen LogP contribution in [0.1, 0.15) is 64.1 Å². The van der Waals surface area contributed by atoms with E-state index < -0.39 is 23.5 Å². The van der Waals surface area contributed by atoms with Gasteiger partial charge in [0.15, 0.2) is 0 Å². The number of hydrogen-bond donors (Lipinski definition) is 2. The molecule has 1 aromatic carbocycles. The summed E-state index contributed by atoms with van der Waals surface area (Å²) in [5.41, 5.74) is 0.642. The molecule has 2 heterocycles. The molecule has 0 radical (unpaired) electrons. The smallest absolute Gasteiger partial charge is 0.336 e. The van der Waals surface area contributed by atoms with Gasteiger partial charge in [-0.1, -0.05) is 13.8 Å². The highest BCUT2D eigenvalue weighted by Gasteiger charge is 2.57. The number of carboxylic acid groups (broad SMARTS) is 2. The van der Waals surface area contributed by atoms with Crippen molar-refractivity contribution >= 4 is 11.9 Å². The van der Waals surface area contributed by atoms with Crippen LogP contribution in [0.3, 0.4) is 0 Å². The van der Waals surface area contributed by atoms with Crippen molar-refractivity contribution in [3.8, 4) is 0 Å². The molecular weight excluding hydrogens is 356 g/mol. The van der Waals surface area contributed by atoms with E-state index in [4.69, 9.17) is 18.9 Å². The Bertz CT molecular complexity index is 761. The fourth-order valence-electron chi connectivity index (χ4n) is 3.28. The Morgan fingerprint density at radius 3 is 1.96 bits per heavy atom. The van der Waals surface area contributed by atoms with Gasteiger partial charge in [0, 0.05) is 11.1 Å². The normalized spacial score (nSPS) is 26.0. The first-order chi connectivity index (χ1) is 12.8. The number of benzene rings is 1. The minimum atomic E-state index is -1.24. The fourth-order valence-corrected chi connectivity index (χ4v) is 3.28. The van der Waals surface area contributed by atoms with Gasteiger partial charge in [-0.2, -0.15) is 0 Å². The highest BCUT2D eigenvalue weighted by atomic mass is 16.8. The number of carbonyl (C=O) groups is 2. The molecule has 8 nitrogen and oxygen atoms in total. The van der Waals surface area contributed by atoms with Crippen LogP contribution in [-0.4, -0.2) is 48.6 Å². The van der Waals surface area contributed by atoms with Crippen molar-refractivity contribution < 1.29 is 38.7 Å². The van der Waals surface area contributed by atoms with Gasteiger partial charge in [0.2, 0.25) is 11.6 Å². The summed E-state index contributed by atoms with van der Waals surface area (Å²) in [7, 11) is 0. The molecule has 3 rings (SSSR count). The zero-order chi connectivity index (χ0) is 19.8. The predicted molar refractivity (Wildman–Crippen MR) is 92.8 cm³/mol. The lowest BCUT2D eigenvalue weighted by Crippen LogP contribution is -2.27. The van der Waals surface area contributed by atoms with E-state index in [1.807, 2.05) is 13.8 Å². The molecule has 148 valence electrons. The Morgan fingerprint density at radius 1 is 1.04 bits per heavy atom. The maximum atomic E-state index is 12.2. The Kier molecular flexibility index (Phi) is 5.27. The van der Waals surface area contributed by atoms with Crippen LogP contribution < -0.4 is 0 Å². The van der Waals surface area contributed by atoms with Crippen LogP contribution in [0.25, 0.3) is 0 Å². The van der Waals surface area contributed by atoms with E-state index in [9.17, 15) is 19.8 Å². The molecule has 2 saturated heterocycles. The van der Waals surface area contributed by atoms with E-state index in [2.05, 4.69) is 0 Å². The van der Waals surface area contributed by atoms with Crippen LogP contribution >= 0.6 is 0 Å². The minimum Gasteiger partial charge on any atom is -0.478 e. The van der Waals surface area contributed by atoms with Crippen molar-refractivity contribution in [2.75, 3.05) is 26.4 Å². The maximum Gasteiger partial charge on any atom is 0.336 e. The molecule has 1 aromatic rings. The van der Waals surface area contributed by atoms with Crippen molar-refractivity contribution in [3.63, 3.8) is 0 Å². The summed E-state index contributed by atoms with van der Waals surface area (Å²) < 4.78 is 22.5. The third-order valence-corrected chi connectivity index (χ3v) is 4.71. The van der Waals surface area contributed by atoms with E-state index in [1.165, 1.54) is 6.07 Å². The number of epoxide rings is 2. The van der Waals surface area contributed by atoms with Gasteiger partial charge in [0.05, 0.1) is 24.3 Å². The molecule has 2 fully saturated rings. The van der Waals surface area contributed by atoms with Crippen LogP contribution in [0.2, 0.25) is 0 Å². The summed E-state index contributed by atoms with van der Waals surface area (Å²) in [5.74, 6) is -4.85. The van der Waals surface area contributed by atoms with Crippen molar-refractivity contribution in [1.29, 1.82) is 0 Å². The largest absolute Gasteiger partial charge is 0.478 e. The first-order valence-corrected chi connectivity index (χ1v) is 9.03. The first kappa shape index (κ1) is 19.8. The molecule has 8 heteroatoms. The Labute approximate surface area is 157 Å². The predicted octanol–water partition coefficient (Wildman–Crippen LogP) is 2.61. The lowest BCUT2D eigenvalue weighted by Gasteiger charge is -2.24. The van der Waals surface area contributed by atoms with Gasteiger partial charge in [-0.3, -0.25) is 0 Å². The number of carboxylic acids is 2. The summed E-state index contributed by atoms with van der Waals surface area (Å²) in [6.07, 6.45) is 1.43. The summed E-state index contributed by atoms with van der Waals surface area (Å²) >= 11 is 0. The molecule has 2 atom stereocenters. The molecule has 2 aliphatic heterocycles.